The molecule has 1 rings (SSSR count). The molecule has 0 atom stereocenters. The lowest BCUT2D eigenvalue weighted by Gasteiger charge is -2.01. The van der Waals surface area contributed by atoms with Crippen LogP contribution in [0.5, 0.6) is 0 Å². The topological polar surface area (TPSA) is 36.2 Å². The van der Waals surface area contributed by atoms with E-state index in [0.717, 1.165) is 16.8 Å². The van der Waals surface area contributed by atoms with E-state index in [9.17, 15) is 0 Å². The molecule has 0 aliphatic heterocycles. The molecule has 0 aliphatic rings. The smallest absolute Gasteiger partial charge is 0.0386 e. The van der Waals surface area contributed by atoms with Gasteiger partial charge in [-0.05, 0) is 25.0 Å². The minimum Gasteiger partial charge on any atom is -0.305 e. The zero-order valence-corrected chi connectivity index (χ0v) is 8.26. The third-order valence-electron chi connectivity index (χ3n) is 2.07. The molecule has 1 N–H and O–H groups in total. The Labute approximate surface area is 78.8 Å². The molecule has 0 unspecified atom stereocenters. The Morgan fingerprint density at radius 1 is 1.08 bits per heavy atom. The van der Waals surface area contributed by atoms with Crippen LogP contribution in [0.4, 0.5) is 0 Å². The van der Waals surface area contributed by atoms with Gasteiger partial charge < -0.3 is 5.41 Å². The van der Waals surface area contributed by atoms with Crippen molar-refractivity contribution in [1.82, 2.24) is 0 Å². The van der Waals surface area contributed by atoms with Gasteiger partial charge in [0.1, 0.15) is 0 Å². The molecule has 2 heteroatoms. The summed E-state index contributed by atoms with van der Waals surface area (Å²) in [5.74, 6) is 0. The van der Waals surface area contributed by atoms with Crippen molar-refractivity contribution in [3.05, 3.63) is 35.4 Å². The third-order valence-corrected chi connectivity index (χ3v) is 2.07. The molecule has 0 saturated heterocycles. The van der Waals surface area contributed by atoms with Crippen molar-refractivity contribution in [2.24, 2.45) is 4.99 Å². The average molecular weight is 174 g/mol. The Hall–Kier alpha value is -1.44. The van der Waals surface area contributed by atoms with Gasteiger partial charge in [-0.3, -0.25) is 4.99 Å². The molecular formula is C11H14N2. The molecular weight excluding hydrogens is 160 g/mol. The molecule has 0 saturated carbocycles. The predicted octanol–water partition coefficient (Wildman–Crippen LogP) is 2.51. The fraction of sp³-hybridized carbons (Fsp3) is 0.273. The lowest BCUT2D eigenvalue weighted by atomic mass is 10.1. The lowest BCUT2D eigenvalue weighted by Crippen LogP contribution is -1.96. The molecule has 1 aromatic rings. The number of nitrogens with zero attached hydrogens (tertiary/aromatic N) is 1. The first-order chi connectivity index (χ1) is 6.15. The van der Waals surface area contributed by atoms with Crippen molar-refractivity contribution in [2.45, 2.75) is 13.8 Å². The van der Waals surface area contributed by atoms with Crippen molar-refractivity contribution in [1.29, 1.82) is 5.41 Å². The van der Waals surface area contributed by atoms with Gasteiger partial charge in [0.25, 0.3) is 0 Å². The van der Waals surface area contributed by atoms with E-state index in [2.05, 4.69) is 4.99 Å². The van der Waals surface area contributed by atoms with Gasteiger partial charge in [0.15, 0.2) is 0 Å². The monoisotopic (exact) mass is 174 g/mol. The van der Waals surface area contributed by atoms with Gasteiger partial charge >= 0.3 is 0 Å². The molecule has 0 fully saturated rings. The van der Waals surface area contributed by atoms with E-state index in [1.54, 1.807) is 14.0 Å². The molecule has 1 aromatic carbocycles. The molecule has 0 spiro atoms. The van der Waals surface area contributed by atoms with Crippen LogP contribution in [0.3, 0.4) is 0 Å². The molecule has 2 nitrogen and oxygen atoms in total. The second-order valence-corrected chi connectivity index (χ2v) is 3.01. The zero-order chi connectivity index (χ0) is 9.84. The van der Waals surface area contributed by atoms with Crippen LogP contribution < -0.4 is 0 Å². The largest absolute Gasteiger partial charge is 0.305 e. The normalized spacial score (nSPS) is 11.5. The Balaban J connectivity index is 3.00. The second kappa shape index (κ2) is 3.99. The molecule has 0 aromatic heterocycles. The van der Waals surface area contributed by atoms with Crippen molar-refractivity contribution in [2.75, 3.05) is 7.05 Å². The Bertz CT molecular complexity index is 334. The molecule has 0 heterocycles. The summed E-state index contributed by atoms with van der Waals surface area (Å²) in [4.78, 5) is 4.10. The van der Waals surface area contributed by atoms with Crippen LogP contribution in [0.1, 0.15) is 25.0 Å². The highest BCUT2D eigenvalue weighted by Crippen LogP contribution is 2.06. The van der Waals surface area contributed by atoms with E-state index in [1.165, 1.54) is 0 Å². The first-order valence-electron chi connectivity index (χ1n) is 4.24. The van der Waals surface area contributed by atoms with Gasteiger partial charge in [0.2, 0.25) is 0 Å². The maximum absolute atomic E-state index is 7.43. The van der Waals surface area contributed by atoms with Crippen molar-refractivity contribution in [3.8, 4) is 0 Å². The van der Waals surface area contributed by atoms with E-state index in [1.807, 2.05) is 31.2 Å². The number of hydrogen-bond donors (Lipinski definition) is 1. The molecule has 0 radical (unpaired) electrons. The second-order valence-electron chi connectivity index (χ2n) is 3.01. The highest BCUT2D eigenvalue weighted by atomic mass is 14.7. The zero-order valence-electron chi connectivity index (χ0n) is 8.26. The molecule has 0 bridgehead atoms. The van der Waals surface area contributed by atoms with Gasteiger partial charge in [-0.25, -0.2) is 0 Å². The summed E-state index contributed by atoms with van der Waals surface area (Å²) in [5.41, 5.74) is 3.70. The number of aliphatic imine (C=N–C) groups is 1. The number of benzene rings is 1. The Morgan fingerprint density at radius 3 is 1.92 bits per heavy atom. The minimum atomic E-state index is 0.595. The Morgan fingerprint density at radius 2 is 1.54 bits per heavy atom. The number of rotatable bonds is 2. The summed E-state index contributed by atoms with van der Waals surface area (Å²) in [7, 11) is 1.78. The first kappa shape index (κ1) is 9.65. The third kappa shape index (κ3) is 2.25. The van der Waals surface area contributed by atoms with Gasteiger partial charge in [-0.15, -0.1) is 0 Å². The van der Waals surface area contributed by atoms with Gasteiger partial charge in [0, 0.05) is 18.5 Å². The molecule has 68 valence electrons. The summed E-state index contributed by atoms with van der Waals surface area (Å²) in [6.07, 6.45) is 0. The summed E-state index contributed by atoms with van der Waals surface area (Å²) >= 11 is 0. The summed E-state index contributed by atoms with van der Waals surface area (Å²) < 4.78 is 0. The van der Waals surface area contributed by atoms with Crippen LogP contribution in [0, 0.1) is 5.41 Å². The summed E-state index contributed by atoms with van der Waals surface area (Å²) in [6.45, 7) is 3.77. The van der Waals surface area contributed by atoms with E-state index in [0.29, 0.717) is 5.71 Å². The maximum Gasteiger partial charge on any atom is 0.0386 e. The van der Waals surface area contributed by atoms with E-state index in [-0.39, 0.29) is 0 Å². The van der Waals surface area contributed by atoms with Crippen LogP contribution in [-0.4, -0.2) is 18.5 Å². The minimum absolute atomic E-state index is 0.595. The quantitative estimate of drug-likeness (QED) is 0.669. The van der Waals surface area contributed by atoms with Crippen LogP contribution in [0.2, 0.25) is 0 Å². The van der Waals surface area contributed by atoms with E-state index in [4.69, 9.17) is 5.41 Å². The summed E-state index contributed by atoms with van der Waals surface area (Å²) in [6, 6.07) is 7.89. The molecule has 0 aliphatic carbocycles. The highest BCUT2D eigenvalue weighted by molar-refractivity contribution is 6.00. The SMILES string of the molecule is CN=C(C)c1ccc(C(C)=N)cc1. The fourth-order valence-electron chi connectivity index (χ4n) is 1.09. The van der Waals surface area contributed by atoms with Crippen molar-refractivity contribution in [3.63, 3.8) is 0 Å². The maximum atomic E-state index is 7.43. The lowest BCUT2D eigenvalue weighted by molar-refractivity contribution is 1.40. The van der Waals surface area contributed by atoms with Gasteiger partial charge in [-0.1, -0.05) is 24.3 Å². The standard InChI is InChI=1S/C11H14N2/c1-8(12)10-4-6-11(7-5-10)9(2)13-3/h4-7,12H,1-3H3. The van der Waals surface area contributed by atoms with Crippen molar-refractivity contribution >= 4 is 11.4 Å². The van der Waals surface area contributed by atoms with Crippen LogP contribution in [0.25, 0.3) is 0 Å². The number of hydrogen-bond acceptors (Lipinski definition) is 2. The highest BCUT2D eigenvalue weighted by Gasteiger charge is 1.97. The van der Waals surface area contributed by atoms with Crippen LogP contribution >= 0.6 is 0 Å². The van der Waals surface area contributed by atoms with Gasteiger partial charge in [0.05, 0.1) is 0 Å². The predicted molar refractivity (Wildman–Crippen MR) is 57.1 cm³/mol. The Kier molecular flexibility index (Phi) is 2.96. The summed E-state index contributed by atoms with van der Waals surface area (Å²) in [5, 5.41) is 7.43. The fourth-order valence-corrected chi connectivity index (χ4v) is 1.09. The van der Waals surface area contributed by atoms with Crippen LogP contribution in [-0.2, 0) is 0 Å². The van der Waals surface area contributed by atoms with Crippen molar-refractivity contribution < 1.29 is 0 Å². The van der Waals surface area contributed by atoms with Gasteiger partial charge in [-0.2, -0.15) is 0 Å². The number of nitrogens with one attached hydrogen (secondary N) is 1. The van der Waals surface area contributed by atoms with E-state index < -0.39 is 0 Å². The molecule has 13 heavy (non-hydrogen) atoms. The van der Waals surface area contributed by atoms with Crippen LogP contribution in [0.15, 0.2) is 29.3 Å². The average Bonchev–Trinajstić information content (AvgIpc) is 2.17. The van der Waals surface area contributed by atoms with E-state index >= 15 is 0 Å². The first-order valence-corrected chi connectivity index (χ1v) is 4.24. The molecule has 0 amide bonds.